The molecule has 0 radical (unpaired) electrons. The van der Waals surface area contributed by atoms with Crippen molar-refractivity contribution >= 4 is 11.7 Å². The minimum atomic E-state index is -0.781. The van der Waals surface area contributed by atoms with Crippen LogP contribution in [0.5, 0.6) is 17.2 Å². The van der Waals surface area contributed by atoms with Crippen molar-refractivity contribution in [2.45, 2.75) is 0 Å². The molecule has 0 heterocycles. The fourth-order valence-corrected chi connectivity index (χ4v) is 1.53. The highest BCUT2D eigenvalue weighted by molar-refractivity contribution is 6.40. The number of ether oxygens (including phenoxy) is 4. The maximum atomic E-state index is 11.5. The SMILES string of the molecule is COC(=O)C(=[N+]=[N-])c1cc(OC)c(OC)c(OC)c1. The van der Waals surface area contributed by atoms with Crippen LogP contribution in [0.25, 0.3) is 5.53 Å². The summed E-state index contributed by atoms with van der Waals surface area (Å²) in [5.74, 6) is 0.261. The topological polar surface area (TPSA) is 90.4 Å². The van der Waals surface area contributed by atoms with Crippen molar-refractivity contribution in [1.29, 1.82) is 0 Å². The first kappa shape index (κ1) is 14.5. The number of hydrogen-bond acceptors (Lipinski definition) is 5. The molecule has 0 bridgehead atoms. The smallest absolute Gasteiger partial charge is 0.422 e. The number of esters is 1. The van der Waals surface area contributed by atoms with Gasteiger partial charge in [0.1, 0.15) is 0 Å². The Morgan fingerprint density at radius 1 is 1.05 bits per heavy atom. The standard InChI is InChI=1S/C12H14N2O5/c1-16-8-5-7(10(14-13)12(15)19-4)6-9(17-2)11(8)18-3/h5-6H,1-4H3. The van der Waals surface area contributed by atoms with Crippen LogP contribution in [0.1, 0.15) is 5.56 Å². The molecule has 19 heavy (non-hydrogen) atoms. The molecule has 0 saturated heterocycles. The van der Waals surface area contributed by atoms with Crippen molar-refractivity contribution in [1.82, 2.24) is 0 Å². The molecule has 0 unspecified atom stereocenters. The average molecular weight is 266 g/mol. The summed E-state index contributed by atoms with van der Waals surface area (Å²) < 4.78 is 19.9. The average Bonchev–Trinajstić information content (AvgIpc) is 2.46. The van der Waals surface area contributed by atoms with Gasteiger partial charge in [0.25, 0.3) is 0 Å². The van der Waals surface area contributed by atoms with E-state index in [1.807, 2.05) is 0 Å². The van der Waals surface area contributed by atoms with Crippen molar-refractivity contribution in [3.63, 3.8) is 0 Å². The van der Waals surface area contributed by atoms with Gasteiger partial charge in [-0.1, -0.05) is 0 Å². The monoisotopic (exact) mass is 266 g/mol. The van der Waals surface area contributed by atoms with Crippen molar-refractivity contribution in [2.75, 3.05) is 28.4 Å². The van der Waals surface area contributed by atoms with Crippen LogP contribution in [0.15, 0.2) is 12.1 Å². The van der Waals surface area contributed by atoms with Gasteiger partial charge in [0.2, 0.25) is 5.75 Å². The molecule has 0 atom stereocenters. The summed E-state index contributed by atoms with van der Waals surface area (Å²) >= 11 is 0. The van der Waals surface area contributed by atoms with Gasteiger partial charge >= 0.3 is 11.7 Å². The Labute approximate surface area is 110 Å². The lowest BCUT2D eigenvalue weighted by atomic mass is 10.1. The number of rotatable bonds is 5. The number of hydrogen-bond donors (Lipinski definition) is 0. The number of benzene rings is 1. The molecule has 0 aromatic heterocycles. The van der Waals surface area contributed by atoms with E-state index in [1.54, 1.807) is 0 Å². The van der Waals surface area contributed by atoms with Crippen LogP contribution in [0.3, 0.4) is 0 Å². The first-order chi connectivity index (χ1) is 9.12. The molecule has 102 valence electrons. The predicted molar refractivity (Wildman–Crippen MR) is 65.8 cm³/mol. The molecule has 1 aromatic carbocycles. The molecule has 7 nitrogen and oxygen atoms in total. The molecule has 0 aliphatic rings. The highest BCUT2D eigenvalue weighted by Crippen LogP contribution is 2.38. The van der Waals surface area contributed by atoms with Crippen LogP contribution in [-0.2, 0) is 9.53 Å². The normalized spacial score (nSPS) is 9.26. The van der Waals surface area contributed by atoms with Crippen molar-refractivity contribution in [2.24, 2.45) is 0 Å². The van der Waals surface area contributed by atoms with E-state index in [0.29, 0.717) is 17.2 Å². The number of nitrogens with zero attached hydrogens (tertiary/aromatic N) is 2. The highest BCUT2D eigenvalue weighted by Gasteiger charge is 2.27. The Balaban J connectivity index is 3.46. The van der Waals surface area contributed by atoms with Gasteiger partial charge in [-0.2, -0.15) is 4.79 Å². The fraction of sp³-hybridized carbons (Fsp3) is 0.333. The molecule has 0 spiro atoms. The molecule has 0 fully saturated rings. The Hall–Kier alpha value is -2.53. The van der Waals surface area contributed by atoms with Crippen molar-refractivity contribution < 1.29 is 28.5 Å². The summed E-state index contributed by atoms with van der Waals surface area (Å²) in [6.07, 6.45) is 0. The van der Waals surface area contributed by atoms with Gasteiger partial charge in [-0.25, -0.2) is 4.79 Å². The predicted octanol–water partition coefficient (Wildman–Crippen LogP) is 0.904. The van der Waals surface area contributed by atoms with Crippen LogP contribution in [0.4, 0.5) is 0 Å². The van der Waals surface area contributed by atoms with E-state index in [2.05, 4.69) is 9.53 Å². The van der Waals surface area contributed by atoms with Gasteiger partial charge < -0.3 is 24.5 Å². The summed E-state index contributed by atoms with van der Waals surface area (Å²) in [4.78, 5) is 14.4. The van der Waals surface area contributed by atoms with E-state index in [4.69, 9.17) is 19.7 Å². The van der Waals surface area contributed by atoms with Gasteiger partial charge in [-0.05, 0) is 12.1 Å². The number of carbonyl (C=O) groups is 1. The van der Waals surface area contributed by atoms with E-state index in [-0.39, 0.29) is 11.3 Å². The Bertz CT molecular complexity index is 510. The number of methoxy groups -OCH3 is 4. The Morgan fingerprint density at radius 2 is 1.58 bits per heavy atom. The summed E-state index contributed by atoms with van der Waals surface area (Å²) in [7, 11) is 5.52. The molecule has 0 saturated carbocycles. The van der Waals surface area contributed by atoms with E-state index in [1.165, 1.54) is 40.6 Å². The van der Waals surface area contributed by atoms with Gasteiger partial charge in [0.15, 0.2) is 11.5 Å². The van der Waals surface area contributed by atoms with Crippen molar-refractivity contribution in [3.05, 3.63) is 23.2 Å². The highest BCUT2D eigenvalue weighted by atomic mass is 16.5. The minimum Gasteiger partial charge on any atom is -0.493 e. The molecule has 1 aromatic rings. The second kappa shape index (κ2) is 6.42. The Morgan fingerprint density at radius 3 is 1.89 bits per heavy atom. The summed E-state index contributed by atoms with van der Waals surface area (Å²) in [5, 5.41) is 0. The molecule has 0 aliphatic heterocycles. The van der Waals surface area contributed by atoms with E-state index in [9.17, 15) is 4.79 Å². The zero-order valence-electron chi connectivity index (χ0n) is 11.1. The van der Waals surface area contributed by atoms with Crippen LogP contribution in [-0.4, -0.2) is 44.9 Å². The van der Waals surface area contributed by atoms with Crippen LogP contribution in [0.2, 0.25) is 0 Å². The second-order valence-corrected chi connectivity index (χ2v) is 3.35. The van der Waals surface area contributed by atoms with Crippen LogP contribution < -0.4 is 14.2 Å². The van der Waals surface area contributed by atoms with Crippen LogP contribution >= 0.6 is 0 Å². The maximum Gasteiger partial charge on any atom is 0.422 e. The largest absolute Gasteiger partial charge is 0.493 e. The van der Waals surface area contributed by atoms with E-state index in [0.717, 1.165) is 0 Å². The molecule has 7 heteroatoms. The molecule has 0 aliphatic carbocycles. The Kier molecular flexibility index (Phi) is 4.91. The maximum absolute atomic E-state index is 11.5. The first-order valence-electron chi connectivity index (χ1n) is 5.23. The third-order valence-electron chi connectivity index (χ3n) is 2.42. The van der Waals surface area contributed by atoms with Crippen LogP contribution in [0, 0.1) is 0 Å². The lowest BCUT2D eigenvalue weighted by Gasteiger charge is -2.12. The third-order valence-corrected chi connectivity index (χ3v) is 2.42. The summed E-state index contributed by atoms with van der Waals surface area (Å²) in [5.41, 5.74) is 8.93. The molecular weight excluding hydrogens is 252 g/mol. The van der Waals surface area contributed by atoms with Gasteiger partial charge in [0.05, 0.1) is 34.0 Å². The van der Waals surface area contributed by atoms with E-state index < -0.39 is 5.97 Å². The zero-order chi connectivity index (χ0) is 14.4. The van der Waals surface area contributed by atoms with Gasteiger partial charge in [-0.15, -0.1) is 0 Å². The first-order valence-corrected chi connectivity index (χ1v) is 5.23. The van der Waals surface area contributed by atoms with Gasteiger partial charge in [0, 0.05) is 0 Å². The lowest BCUT2D eigenvalue weighted by Crippen LogP contribution is -2.18. The molecule has 1 rings (SSSR count). The van der Waals surface area contributed by atoms with Crippen molar-refractivity contribution in [3.8, 4) is 17.2 Å². The molecular formula is C12H14N2O5. The molecule has 0 amide bonds. The van der Waals surface area contributed by atoms with Gasteiger partial charge in [-0.3, -0.25) is 0 Å². The summed E-state index contributed by atoms with van der Waals surface area (Å²) in [6.45, 7) is 0. The third kappa shape index (κ3) is 2.83. The van der Waals surface area contributed by atoms with E-state index >= 15 is 0 Å². The minimum absolute atomic E-state index is 0.262. The zero-order valence-corrected chi connectivity index (χ0v) is 11.1. The number of carbonyl (C=O) groups excluding carboxylic acids is 1. The molecule has 0 N–H and O–H groups in total. The second-order valence-electron chi connectivity index (χ2n) is 3.35. The summed E-state index contributed by atoms with van der Waals surface area (Å²) in [6, 6.07) is 2.96. The quantitative estimate of drug-likeness (QED) is 0.342. The fourth-order valence-electron chi connectivity index (χ4n) is 1.53. The lowest BCUT2D eigenvalue weighted by molar-refractivity contribution is -0.137.